The van der Waals surface area contributed by atoms with Crippen LogP contribution in [0.2, 0.25) is 0 Å². The predicted octanol–water partition coefficient (Wildman–Crippen LogP) is -0.104. The average Bonchev–Trinajstić information content (AvgIpc) is 2.17. The largest absolute Gasteiger partial charge is 0.390 e. The normalized spacial score (nSPS) is 25.3. The molecule has 0 bridgehead atoms. The molecule has 0 aromatic rings. The molecule has 1 aliphatic heterocycles. The Hall–Kier alpha value is -1.55. The van der Waals surface area contributed by atoms with Gasteiger partial charge in [-0.2, -0.15) is 0 Å². The zero-order valence-corrected chi connectivity index (χ0v) is 6.84. The molecule has 13 heavy (non-hydrogen) atoms. The van der Waals surface area contributed by atoms with E-state index in [4.69, 9.17) is 5.11 Å². The summed E-state index contributed by atoms with van der Waals surface area (Å²) >= 11 is 0. The number of aliphatic imine (C=N–C) groups is 2. The van der Waals surface area contributed by atoms with Crippen molar-refractivity contribution in [1.29, 1.82) is 0 Å². The van der Waals surface area contributed by atoms with E-state index in [-0.39, 0.29) is 18.4 Å². The lowest BCUT2D eigenvalue weighted by molar-refractivity contribution is -0.112. The van der Waals surface area contributed by atoms with Crippen molar-refractivity contribution in [3.05, 3.63) is 24.3 Å². The van der Waals surface area contributed by atoms with E-state index in [1.54, 1.807) is 6.08 Å². The van der Waals surface area contributed by atoms with Crippen molar-refractivity contribution in [1.82, 2.24) is 0 Å². The molecule has 0 aromatic heterocycles. The summed E-state index contributed by atoms with van der Waals surface area (Å²) in [5.41, 5.74) is 0.776. The van der Waals surface area contributed by atoms with Crippen molar-refractivity contribution < 1.29 is 9.90 Å². The summed E-state index contributed by atoms with van der Waals surface area (Å²) in [6, 6.07) is -0.190. The fourth-order valence-corrected chi connectivity index (χ4v) is 1.25. The van der Waals surface area contributed by atoms with Gasteiger partial charge < -0.3 is 5.11 Å². The van der Waals surface area contributed by atoms with Crippen molar-refractivity contribution in [2.75, 3.05) is 6.61 Å². The minimum absolute atomic E-state index is 0.133. The number of rotatable bonds is 1. The Morgan fingerprint density at radius 2 is 2.31 bits per heavy atom. The van der Waals surface area contributed by atoms with Crippen LogP contribution in [0.25, 0.3) is 0 Å². The lowest BCUT2D eigenvalue weighted by atomic mass is 10.1. The van der Waals surface area contributed by atoms with Gasteiger partial charge in [-0.1, -0.05) is 18.2 Å². The highest BCUT2D eigenvalue weighted by Gasteiger charge is 2.22. The molecular weight excluding hydrogens is 168 g/mol. The van der Waals surface area contributed by atoms with Gasteiger partial charge in [0, 0.05) is 0 Å². The number of carbonyl (C=O) groups is 1. The topological polar surface area (TPSA) is 62.0 Å². The molecule has 1 N–H and O–H groups in total. The number of hydrogen-bond acceptors (Lipinski definition) is 3. The van der Waals surface area contributed by atoms with Crippen LogP contribution < -0.4 is 0 Å². The molecule has 1 unspecified atom stereocenters. The van der Waals surface area contributed by atoms with Crippen LogP contribution in [0, 0.1) is 0 Å². The molecule has 4 nitrogen and oxygen atoms in total. The molecular formula is C9H8N2O2. The summed E-state index contributed by atoms with van der Waals surface area (Å²) in [6.45, 7) is -0.344. The Morgan fingerprint density at radius 3 is 3.08 bits per heavy atom. The Morgan fingerprint density at radius 1 is 1.46 bits per heavy atom. The first kappa shape index (κ1) is 8.07. The number of aliphatic hydroxyl groups is 1. The maximum absolute atomic E-state index is 11.1. The van der Waals surface area contributed by atoms with Gasteiger partial charge in [-0.05, 0) is 6.08 Å². The number of fused-ring (bicyclic) bond motifs is 1. The number of allylic oxidation sites excluding steroid dienone is 2. The Bertz CT molecular complexity index is 364. The SMILES string of the molecule is O=C1N=C2C=CC=CC2N=C1CO. The maximum atomic E-state index is 11.1. The predicted molar refractivity (Wildman–Crippen MR) is 49.0 cm³/mol. The molecule has 1 atom stereocenters. The van der Waals surface area contributed by atoms with Gasteiger partial charge in [0.05, 0.1) is 12.3 Å². The average molecular weight is 176 g/mol. The zero-order chi connectivity index (χ0) is 9.26. The van der Waals surface area contributed by atoms with E-state index in [2.05, 4.69) is 9.98 Å². The molecule has 1 aliphatic carbocycles. The molecule has 66 valence electrons. The van der Waals surface area contributed by atoms with Crippen molar-refractivity contribution in [3.63, 3.8) is 0 Å². The van der Waals surface area contributed by atoms with E-state index in [0.717, 1.165) is 0 Å². The van der Waals surface area contributed by atoms with E-state index in [0.29, 0.717) is 5.71 Å². The summed E-state index contributed by atoms with van der Waals surface area (Å²) in [5, 5.41) is 8.79. The van der Waals surface area contributed by atoms with E-state index in [9.17, 15) is 4.79 Å². The highest BCUT2D eigenvalue weighted by Crippen LogP contribution is 2.10. The summed E-state index contributed by atoms with van der Waals surface area (Å²) in [5.74, 6) is -0.436. The maximum Gasteiger partial charge on any atom is 0.293 e. The third-order valence-corrected chi connectivity index (χ3v) is 1.90. The van der Waals surface area contributed by atoms with Gasteiger partial charge in [0.1, 0.15) is 11.8 Å². The zero-order valence-electron chi connectivity index (χ0n) is 6.84. The number of carbonyl (C=O) groups excluding carboxylic acids is 1. The Labute approximate surface area is 75.0 Å². The first-order valence-corrected chi connectivity index (χ1v) is 3.96. The van der Waals surface area contributed by atoms with E-state index in [1.807, 2.05) is 18.2 Å². The van der Waals surface area contributed by atoms with Crippen LogP contribution in [0.3, 0.4) is 0 Å². The highest BCUT2D eigenvalue weighted by molar-refractivity contribution is 6.43. The molecule has 0 saturated carbocycles. The van der Waals surface area contributed by atoms with Crippen molar-refractivity contribution in [3.8, 4) is 0 Å². The molecule has 4 heteroatoms. The van der Waals surface area contributed by atoms with E-state index in [1.165, 1.54) is 0 Å². The summed E-state index contributed by atoms with van der Waals surface area (Å²) in [7, 11) is 0. The third kappa shape index (κ3) is 1.36. The second kappa shape index (κ2) is 3.06. The summed E-state index contributed by atoms with van der Waals surface area (Å²) < 4.78 is 0. The van der Waals surface area contributed by atoms with Crippen LogP contribution in [-0.2, 0) is 4.79 Å². The van der Waals surface area contributed by atoms with Gasteiger partial charge in [-0.3, -0.25) is 9.79 Å². The van der Waals surface area contributed by atoms with Gasteiger partial charge in [-0.25, -0.2) is 4.99 Å². The molecule has 2 rings (SSSR count). The molecule has 0 saturated heterocycles. The van der Waals surface area contributed by atoms with Crippen molar-refractivity contribution >= 4 is 17.3 Å². The van der Waals surface area contributed by atoms with Crippen molar-refractivity contribution in [2.45, 2.75) is 6.04 Å². The standard InChI is InChI=1S/C9H8N2O2/c12-5-8-9(13)11-7-4-2-1-3-6(7)10-8/h1-4,6,12H,5H2. The second-order valence-electron chi connectivity index (χ2n) is 2.76. The van der Waals surface area contributed by atoms with Gasteiger partial charge in [0.2, 0.25) is 0 Å². The van der Waals surface area contributed by atoms with Gasteiger partial charge in [-0.15, -0.1) is 0 Å². The van der Waals surface area contributed by atoms with E-state index < -0.39 is 5.91 Å². The third-order valence-electron chi connectivity index (χ3n) is 1.90. The minimum Gasteiger partial charge on any atom is -0.390 e. The highest BCUT2D eigenvalue weighted by atomic mass is 16.3. The fourth-order valence-electron chi connectivity index (χ4n) is 1.25. The molecule has 0 radical (unpaired) electrons. The monoisotopic (exact) mass is 176 g/mol. The van der Waals surface area contributed by atoms with Crippen LogP contribution in [-0.4, -0.2) is 35.1 Å². The molecule has 1 heterocycles. The number of hydrogen-bond donors (Lipinski definition) is 1. The summed E-state index contributed by atoms with van der Waals surface area (Å²) in [4.78, 5) is 19.0. The second-order valence-corrected chi connectivity index (χ2v) is 2.76. The van der Waals surface area contributed by atoms with Gasteiger partial charge >= 0.3 is 0 Å². The lowest BCUT2D eigenvalue weighted by Gasteiger charge is -2.16. The Kier molecular flexibility index (Phi) is 1.90. The number of nitrogens with zero attached hydrogens (tertiary/aromatic N) is 2. The van der Waals surface area contributed by atoms with Crippen LogP contribution in [0.15, 0.2) is 34.3 Å². The molecule has 1 amide bonds. The summed E-state index contributed by atoms with van der Waals surface area (Å²) in [6.07, 6.45) is 7.24. The smallest absolute Gasteiger partial charge is 0.293 e. The van der Waals surface area contributed by atoms with E-state index >= 15 is 0 Å². The molecule has 2 aliphatic rings. The Balaban J connectivity index is 2.36. The van der Waals surface area contributed by atoms with Crippen molar-refractivity contribution in [2.24, 2.45) is 9.98 Å². The molecule has 0 spiro atoms. The van der Waals surface area contributed by atoms with Gasteiger partial charge in [0.25, 0.3) is 5.91 Å². The van der Waals surface area contributed by atoms with Crippen LogP contribution >= 0.6 is 0 Å². The number of amides is 1. The number of aliphatic hydroxyl groups excluding tert-OH is 1. The van der Waals surface area contributed by atoms with Crippen LogP contribution in [0.5, 0.6) is 0 Å². The minimum atomic E-state index is -0.436. The molecule has 0 aromatic carbocycles. The van der Waals surface area contributed by atoms with Crippen LogP contribution in [0.1, 0.15) is 0 Å². The molecule has 0 fully saturated rings. The fraction of sp³-hybridized carbons (Fsp3) is 0.222. The van der Waals surface area contributed by atoms with Crippen LogP contribution in [0.4, 0.5) is 0 Å². The first-order valence-electron chi connectivity index (χ1n) is 3.96. The quantitative estimate of drug-likeness (QED) is 0.606. The van der Waals surface area contributed by atoms with Gasteiger partial charge in [0.15, 0.2) is 0 Å². The first-order chi connectivity index (χ1) is 6.31. The lowest BCUT2D eigenvalue weighted by Crippen LogP contribution is -2.30.